The highest BCUT2D eigenvalue weighted by Crippen LogP contribution is 2.13. The number of Topliss-reactive ketones (excluding diaryl/α,β-unsaturated/α-hetero) is 1. The first-order valence-corrected chi connectivity index (χ1v) is 11.2. The zero-order valence-electron chi connectivity index (χ0n) is 17.2. The number of carbonyl (C=O) groups excluding carboxylic acids is 2. The minimum atomic E-state index is -0.0441. The number of thiol groups is 1. The summed E-state index contributed by atoms with van der Waals surface area (Å²) in [6, 6.07) is 17.3. The summed E-state index contributed by atoms with van der Waals surface area (Å²) in [6.45, 7) is 0.713. The summed E-state index contributed by atoms with van der Waals surface area (Å²) in [5.41, 5.74) is 1.75. The predicted molar refractivity (Wildman–Crippen MR) is 123 cm³/mol. The number of rotatable bonds is 14. The largest absolute Gasteiger partial charge is 0.352 e. The summed E-state index contributed by atoms with van der Waals surface area (Å²) < 4.78 is 0. The Morgan fingerprint density at radius 1 is 0.724 bits per heavy atom. The molecule has 0 bridgehead atoms. The average Bonchev–Trinajstić information content (AvgIpc) is 2.73. The molecule has 1 amide bonds. The van der Waals surface area contributed by atoms with E-state index in [0.717, 1.165) is 31.2 Å². The van der Waals surface area contributed by atoms with E-state index in [1.165, 1.54) is 25.7 Å². The fraction of sp³-hybridized carbons (Fsp3) is 0.440. The molecule has 0 aliphatic carbocycles. The van der Waals surface area contributed by atoms with Crippen LogP contribution in [0.5, 0.6) is 0 Å². The van der Waals surface area contributed by atoms with Gasteiger partial charge < -0.3 is 5.32 Å². The van der Waals surface area contributed by atoms with Crippen molar-refractivity contribution in [3.8, 4) is 0 Å². The van der Waals surface area contributed by atoms with Gasteiger partial charge in [-0.2, -0.15) is 0 Å². The van der Waals surface area contributed by atoms with Gasteiger partial charge in [0.25, 0.3) is 5.91 Å². The summed E-state index contributed by atoms with van der Waals surface area (Å²) in [5, 5.41) is 2.97. The van der Waals surface area contributed by atoms with Crippen molar-refractivity contribution in [3.05, 3.63) is 65.7 Å². The Hall–Kier alpha value is -2.07. The summed E-state index contributed by atoms with van der Waals surface area (Å²) in [6.07, 6.45) is 10.4. The molecule has 0 aliphatic heterocycles. The molecule has 0 heterocycles. The van der Waals surface area contributed by atoms with Crippen LogP contribution in [0.1, 0.15) is 73.7 Å². The van der Waals surface area contributed by atoms with Crippen LogP contribution < -0.4 is 5.32 Å². The standard InChI is InChI=1S/C25H33NO2S/c27-22(20-21-14-8-7-9-15-21)16-10-5-3-1-2-4-6-13-19-26-25(28)23-17-11-12-18-24(23)29/h7-9,11-12,14-15,17-18,29H,1-6,10,13,16,19-20H2,(H,26,28). The first-order valence-electron chi connectivity index (χ1n) is 10.8. The van der Waals surface area contributed by atoms with E-state index in [1.807, 2.05) is 48.5 Å². The maximum absolute atomic E-state index is 12.1. The first-order chi connectivity index (χ1) is 14.2. The number of amides is 1. The van der Waals surface area contributed by atoms with Gasteiger partial charge in [-0.3, -0.25) is 9.59 Å². The van der Waals surface area contributed by atoms with Crippen LogP contribution in [0.4, 0.5) is 0 Å². The summed E-state index contributed by atoms with van der Waals surface area (Å²) in [4.78, 5) is 24.8. The number of hydrogen-bond acceptors (Lipinski definition) is 3. The summed E-state index contributed by atoms with van der Waals surface area (Å²) >= 11 is 4.32. The van der Waals surface area contributed by atoms with Crippen LogP contribution in [0.2, 0.25) is 0 Å². The molecule has 0 saturated carbocycles. The first kappa shape index (κ1) is 23.2. The number of nitrogens with one attached hydrogen (secondary N) is 1. The fourth-order valence-corrected chi connectivity index (χ4v) is 3.64. The number of hydrogen-bond donors (Lipinski definition) is 2. The lowest BCUT2D eigenvalue weighted by molar-refractivity contribution is -0.118. The van der Waals surface area contributed by atoms with Gasteiger partial charge in [0.1, 0.15) is 5.78 Å². The second-order valence-electron chi connectivity index (χ2n) is 7.55. The SMILES string of the molecule is O=C(CCCCCCCCCCNC(=O)c1ccccc1S)Cc1ccccc1. The van der Waals surface area contributed by atoms with Crippen molar-refractivity contribution >= 4 is 24.3 Å². The van der Waals surface area contributed by atoms with Gasteiger partial charge in [0, 0.05) is 24.3 Å². The molecule has 0 radical (unpaired) electrons. The van der Waals surface area contributed by atoms with E-state index >= 15 is 0 Å². The van der Waals surface area contributed by atoms with Crippen molar-refractivity contribution in [1.29, 1.82) is 0 Å². The molecule has 156 valence electrons. The second-order valence-corrected chi connectivity index (χ2v) is 8.03. The van der Waals surface area contributed by atoms with Gasteiger partial charge in [-0.1, -0.05) is 81.0 Å². The Morgan fingerprint density at radius 3 is 2.00 bits per heavy atom. The number of ketones is 1. The quantitative estimate of drug-likeness (QED) is 0.295. The molecule has 29 heavy (non-hydrogen) atoms. The molecule has 0 spiro atoms. The van der Waals surface area contributed by atoms with Gasteiger partial charge >= 0.3 is 0 Å². The Morgan fingerprint density at radius 2 is 1.31 bits per heavy atom. The lowest BCUT2D eigenvalue weighted by Gasteiger charge is -2.07. The molecule has 0 saturated heterocycles. The monoisotopic (exact) mass is 411 g/mol. The van der Waals surface area contributed by atoms with Gasteiger partial charge in [0.15, 0.2) is 0 Å². The third kappa shape index (κ3) is 9.80. The topological polar surface area (TPSA) is 46.2 Å². The van der Waals surface area contributed by atoms with E-state index in [2.05, 4.69) is 17.9 Å². The van der Waals surface area contributed by atoms with Crippen molar-refractivity contribution in [3.63, 3.8) is 0 Å². The lowest BCUT2D eigenvalue weighted by Crippen LogP contribution is -2.24. The molecule has 4 heteroatoms. The zero-order chi connectivity index (χ0) is 20.7. The van der Waals surface area contributed by atoms with E-state index in [0.29, 0.717) is 35.6 Å². The molecular weight excluding hydrogens is 378 g/mol. The third-order valence-corrected chi connectivity index (χ3v) is 5.45. The van der Waals surface area contributed by atoms with Crippen LogP contribution in [-0.4, -0.2) is 18.2 Å². The lowest BCUT2D eigenvalue weighted by atomic mass is 10.0. The van der Waals surface area contributed by atoms with E-state index in [-0.39, 0.29) is 5.91 Å². The Balaban J connectivity index is 1.39. The molecule has 2 rings (SSSR count). The Kier molecular flexibility index (Phi) is 11.2. The highest BCUT2D eigenvalue weighted by atomic mass is 32.1. The molecule has 0 aliphatic rings. The maximum atomic E-state index is 12.1. The van der Waals surface area contributed by atoms with Crippen molar-refractivity contribution in [2.24, 2.45) is 0 Å². The van der Waals surface area contributed by atoms with E-state index < -0.39 is 0 Å². The molecule has 0 atom stereocenters. The van der Waals surface area contributed by atoms with Crippen LogP contribution >= 0.6 is 12.6 Å². The summed E-state index contributed by atoms with van der Waals surface area (Å²) in [7, 11) is 0. The van der Waals surface area contributed by atoms with Crippen LogP contribution in [0.15, 0.2) is 59.5 Å². The highest BCUT2D eigenvalue weighted by Gasteiger charge is 2.07. The molecule has 2 aromatic rings. The molecule has 0 fully saturated rings. The smallest absolute Gasteiger partial charge is 0.252 e. The minimum absolute atomic E-state index is 0.0441. The Bertz CT molecular complexity index is 745. The zero-order valence-corrected chi connectivity index (χ0v) is 18.1. The van der Waals surface area contributed by atoms with Crippen LogP contribution in [0.25, 0.3) is 0 Å². The maximum Gasteiger partial charge on any atom is 0.252 e. The van der Waals surface area contributed by atoms with Gasteiger partial charge in [-0.15, -0.1) is 12.6 Å². The predicted octanol–water partition coefficient (Wildman–Crippen LogP) is 6.03. The van der Waals surface area contributed by atoms with Crippen molar-refractivity contribution in [1.82, 2.24) is 5.32 Å². The molecule has 0 aromatic heterocycles. The Labute approximate surface area is 180 Å². The molecule has 3 nitrogen and oxygen atoms in total. The minimum Gasteiger partial charge on any atom is -0.352 e. The third-order valence-electron chi connectivity index (χ3n) is 5.06. The fourth-order valence-electron chi connectivity index (χ4n) is 3.38. The van der Waals surface area contributed by atoms with Crippen molar-refractivity contribution in [2.75, 3.05) is 6.54 Å². The van der Waals surface area contributed by atoms with Crippen LogP contribution in [-0.2, 0) is 11.2 Å². The van der Waals surface area contributed by atoms with E-state index in [1.54, 1.807) is 6.07 Å². The molecule has 2 aromatic carbocycles. The van der Waals surface area contributed by atoms with Gasteiger partial charge in [-0.05, 0) is 30.5 Å². The number of carbonyl (C=O) groups is 2. The highest BCUT2D eigenvalue weighted by molar-refractivity contribution is 7.80. The number of unbranched alkanes of at least 4 members (excludes halogenated alkanes) is 7. The van der Waals surface area contributed by atoms with Gasteiger partial charge in [-0.25, -0.2) is 0 Å². The van der Waals surface area contributed by atoms with Crippen LogP contribution in [0, 0.1) is 0 Å². The number of benzene rings is 2. The van der Waals surface area contributed by atoms with Crippen molar-refractivity contribution in [2.45, 2.75) is 69.1 Å². The summed E-state index contributed by atoms with van der Waals surface area (Å²) in [5.74, 6) is 0.302. The molecule has 0 unspecified atom stereocenters. The van der Waals surface area contributed by atoms with Gasteiger partial charge in [0.2, 0.25) is 0 Å². The average molecular weight is 412 g/mol. The normalized spacial score (nSPS) is 10.7. The van der Waals surface area contributed by atoms with E-state index in [4.69, 9.17) is 0 Å². The van der Waals surface area contributed by atoms with Gasteiger partial charge in [0.05, 0.1) is 5.56 Å². The van der Waals surface area contributed by atoms with E-state index in [9.17, 15) is 9.59 Å². The second kappa shape index (κ2) is 14.0. The van der Waals surface area contributed by atoms with Crippen LogP contribution in [0.3, 0.4) is 0 Å². The molecular formula is C25H33NO2S. The van der Waals surface area contributed by atoms with Crippen molar-refractivity contribution < 1.29 is 9.59 Å². The molecule has 1 N–H and O–H groups in total.